The van der Waals surface area contributed by atoms with E-state index in [1.807, 2.05) is 19.1 Å². The normalized spacial score (nSPS) is 13.6. The van der Waals surface area contributed by atoms with Gasteiger partial charge < -0.3 is 21.9 Å². The molecule has 0 radical (unpaired) electrons. The second-order valence-electron chi connectivity index (χ2n) is 7.47. The number of phenolic OH excluding ortho intramolecular Hbond substituents is 1. The molecule has 0 aliphatic rings. The van der Waals surface area contributed by atoms with Crippen LogP contribution in [0.15, 0.2) is 12.1 Å². The van der Waals surface area contributed by atoms with E-state index in [9.17, 15) is 10.00 Å². The Kier molecular flexibility index (Phi) is 9.57. The maximum atomic E-state index is 10.6. The maximum absolute atomic E-state index is 10.6. The Morgan fingerprint density at radius 3 is 1.78 bits per heavy atom. The van der Waals surface area contributed by atoms with Crippen molar-refractivity contribution in [3.8, 4) is 5.75 Å². The van der Waals surface area contributed by atoms with Gasteiger partial charge in [0.15, 0.2) is 0 Å². The smallest absolute Gasteiger partial charge is 1.00 e. The van der Waals surface area contributed by atoms with Crippen molar-refractivity contribution in [2.45, 2.75) is 65.9 Å². The van der Waals surface area contributed by atoms with Gasteiger partial charge in [0.2, 0.25) is 0 Å². The van der Waals surface area contributed by atoms with Crippen LogP contribution >= 0.6 is 8.60 Å². The van der Waals surface area contributed by atoms with Crippen LogP contribution in [0.4, 0.5) is 0 Å². The monoisotopic (exact) mass is 370 g/mol. The molecule has 0 saturated heterocycles. The Bertz CT molecular complexity index is 481. The van der Waals surface area contributed by atoms with Gasteiger partial charge >= 0.3 is 46.3 Å². The van der Waals surface area contributed by atoms with Crippen molar-refractivity contribution in [2.24, 2.45) is 0 Å². The summed E-state index contributed by atoms with van der Waals surface area (Å²) in [5, 5.41) is 10.6. The van der Waals surface area contributed by atoms with Crippen molar-refractivity contribution in [3.05, 3.63) is 28.8 Å². The van der Waals surface area contributed by atoms with Crippen LogP contribution in [0.5, 0.6) is 5.75 Å². The van der Waals surface area contributed by atoms with Gasteiger partial charge in [-0.15, -0.1) is 0 Å². The Hall–Kier alpha value is 0.590. The summed E-state index contributed by atoms with van der Waals surface area (Å²) < 4.78 is 10.4. The van der Waals surface area contributed by atoms with Gasteiger partial charge in [-0.25, -0.2) is 0 Å². The van der Waals surface area contributed by atoms with Crippen molar-refractivity contribution < 1.29 is 21.9 Å². The minimum atomic E-state index is -1.85. The summed E-state index contributed by atoms with van der Waals surface area (Å²) >= 11 is 0. The minimum absolute atomic E-state index is 0. The zero-order valence-electron chi connectivity index (χ0n) is 17.4. The molecule has 1 aromatic rings. The first-order valence-electron chi connectivity index (χ1n) is 7.58. The average Bonchev–Trinajstić information content (AvgIpc) is 2.35. The summed E-state index contributed by atoms with van der Waals surface area (Å²) in [6.45, 7) is 14.9. The Balaban J connectivity index is -0.00000161. The predicted molar refractivity (Wildman–Crippen MR) is 99.0 cm³/mol. The SMILES string of the molecule is CCOP(O)OCc1cc(C(C)(C)C)c(O)c(C(C)(C)C)c1.[Ca+2].[H-].[H-]. The standard InChI is InChI=1S/C17H29O4P.Ca.2H/c1-8-20-22(19)21-11-12-9-13(16(2,3)4)15(18)14(10-12)17(5,6)7;;;/h9-10,18-19H,8,11H2,1-7H3;;;/q;+2;2*-1. The summed E-state index contributed by atoms with van der Waals surface area (Å²) in [5.74, 6) is 0.347. The molecule has 0 saturated carbocycles. The molecule has 0 aromatic heterocycles. The number of aromatic hydroxyl groups is 1. The number of rotatable bonds is 5. The first kappa shape index (κ1) is 23.6. The summed E-state index contributed by atoms with van der Waals surface area (Å²) in [6.07, 6.45) is 0. The van der Waals surface area contributed by atoms with Crippen LogP contribution in [0.25, 0.3) is 0 Å². The fourth-order valence-corrected chi connectivity index (χ4v) is 2.75. The summed E-state index contributed by atoms with van der Waals surface area (Å²) in [7, 11) is -1.85. The molecule has 0 heterocycles. The quantitative estimate of drug-likeness (QED) is 0.587. The summed E-state index contributed by atoms with van der Waals surface area (Å²) in [5.41, 5.74) is 2.34. The number of hydrogen-bond acceptors (Lipinski definition) is 4. The van der Waals surface area contributed by atoms with Crippen LogP contribution in [0.3, 0.4) is 0 Å². The molecule has 1 unspecified atom stereocenters. The second kappa shape index (κ2) is 9.33. The van der Waals surface area contributed by atoms with Crippen LogP contribution in [0, 0.1) is 0 Å². The van der Waals surface area contributed by atoms with Gasteiger partial charge in [0.25, 0.3) is 0 Å². The Morgan fingerprint density at radius 2 is 1.43 bits per heavy atom. The molecule has 2 N–H and O–H groups in total. The third kappa shape index (κ3) is 7.15. The average molecular weight is 370 g/mol. The van der Waals surface area contributed by atoms with Gasteiger partial charge in [-0.1, -0.05) is 41.5 Å². The van der Waals surface area contributed by atoms with E-state index in [0.29, 0.717) is 12.4 Å². The van der Waals surface area contributed by atoms with Gasteiger partial charge in [0.1, 0.15) is 5.75 Å². The van der Waals surface area contributed by atoms with E-state index in [-0.39, 0.29) is 58.0 Å². The molecule has 130 valence electrons. The molecule has 4 nitrogen and oxygen atoms in total. The molecule has 0 aliphatic carbocycles. The molecule has 0 fully saturated rings. The van der Waals surface area contributed by atoms with Crippen molar-refractivity contribution in [3.63, 3.8) is 0 Å². The van der Waals surface area contributed by atoms with Crippen LogP contribution < -0.4 is 0 Å². The van der Waals surface area contributed by atoms with E-state index in [1.165, 1.54) is 0 Å². The number of hydrogen-bond donors (Lipinski definition) is 2. The van der Waals surface area contributed by atoms with Crippen molar-refractivity contribution in [2.75, 3.05) is 6.61 Å². The van der Waals surface area contributed by atoms with Gasteiger partial charge in [-0.2, -0.15) is 0 Å². The molecule has 0 bridgehead atoms. The van der Waals surface area contributed by atoms with E-state index in [2.05, 4.69) is 41.5 Å². The largest absolute Gasteiger partial charge is 2.00 e. The number of benzene rings is 1. The van der Waals surface area contributed by atoms with E-state index < -0.39 is 8.60 Å². The first-order valence-corrected chi connectivity index (χ1v) is 8.71. The second-order valence-corrected chi connectivity index (χ2v) is 8.46. The van der Waals surface area contributed by atoms with E-state index in [4.69, 9.17) is 9.05 Å². The van der Waals surface area contributed by atoms with Crippen molar-refractivity contribution >= 4 is 46.3 Å². The van der Waals surface area contributed by atoms with E-state index in [0.717, 1.165) is 16.7 Å². The molecule has 1 atom stereocenters. The van der Waals surface area contributed by atoms with Gasteiger partial charge in [-0.3, -0.25) is 0 Å². The van der Waals surface area contributed by atoms with Crippen LogP contribution in [-0.4, -0.2) is 54.3 Å². The van der Waals surface area contributed by atoms with Gasteiger partial charge in [0.05, 0.1) is 13.2 Å². The van der Waals surface area contributed by atoms with E-state index >= 15 is 0 Å². The molecular weight excluding hydrogens is 339 g/mol. The van der Waals surface area contributed by atoms with Gasteiger partial charge in [-0.05, 0) is 46.6 Å². The predicted octanol–water partition coefficient (Wildman–Crippen LogP) is 4.60. The van der Waals surface area contributed by atoms with E-state index in [1.54, 1.807) is 0 Å². The Labute approximate surface area is 174 Å². The van der Waals surface area contributed by atoms with Crippen LogP contribution in [0.1, 0.15) is 68.0 Å². The molecular formula is C17H31CaO4P. The Morgan fingerprint density at radius 1 is 1.00 bits per heavy atom. The molecule has 0 spiro atoms. The fourth-order valence-electron chi connectivity index (χ4n) is 2.20. The van der Waals surface area contributed by atoms with Crippen LogP contribution in [-0.2, 0) is 26.5 Å². The van der Waals surface area contributed by atoms with Crippen LogP contribution in [0.2, 0.25) is 0 Å². The number of phenols is 1. The molecule has 1 aromatic carbocycles. The first-order chi connectivity index (χ1) is 9.96. The van der Waals surface area contributed by atoms with Gasteiger partial charge in [0, 0.05) is 0 Å². The minimum Gasteiger partial charge on any atom is -1.00 e. The molecule has 0 amide bonds. The summed E-state index contributed by atoms with van der Waals surface area (Å²) in [4.78, 5) is 9.59. The zero-order valence-corrected chi connectivity index (χ0v) is 18.5. The molecule has 23 heavy (non-hydrogen) atoms. The zero-order chi connectivity index (χ0) is 17.1. The maximum Gasteiger partial charge on any atom is 2.00 e. The van der Waals surface area contributed by atoms with Crippen molar-refractivity contribution in [1.29, 1.82) is 0 Å². The molecule has 6 heteroatoms. The third-order valence-corrected chi connectivity index (χ3v) is 4.20. The summed E-state index contributed by atoms with van der Waals surface area (Å²) in [6, 6.07) is 3.89. The fraction of sp³-hybridized carbons (Fsp3) is 0.647. The topological polar surface area (TPSA) is 58.9 Å². The molecule has 0 aliphatic heterocycles. The van der Waals surface area contributed by atoms with Crippen molar-refractivity contribution in [1.82, 2.24) is 0 Å². The third-order valence-electron chi connectivity index (χ3n) is 3.37. The molecule has 1 rings (SSSR count).